The van der Waals surface area contributed by atoms with Crippen molar-refractivity contribution < 1.29 is 76.1 Å². The molecule has 6 N–H and O–H groups in total. The Morgan fingerprint density at radius 2 is 0.390 bits per heavy atom. The molecule has 0 spiro atoms. The molecule has 12 aromatic carbocycles. The first-order valence-corrected chi connectivity index (χ1v) is 45.5. The van der Waals surface area contributed by atoms with E-state index in [4.69, 9.17) is 47.4 Å². The van der Waals surface area contributed by atoms with Gasteiger partial charge in [0.05, 0.1) is 89.1 Å². The minimum Gasteiger partial charge on any atom is -0.491 e. The van der Waals surface area contributed by atoms with Crippen LogP contribution in [0.2, 0.25) is 0 Å². The monoisotopic (exact) mass is 1820 g/mol. The van der Waals surface area contributed by atoms with E-state index in [0.717, 1.165) is 110 Å². The second-order valence-electron chi connectivity index (χ2n) is 33.0. The van der Waals surface area contributed by atoms with Gasteiger partial charge < -0.3 is 79.3 Å². The number of amides is 6. The highest BCUT2D eigenvalue weighted by molar-refractivity contribution is 6.00. The molecule has 3 aromatic heterocycles. The summed E-state index contributed by atoms with van der Waals surface area (Å²) in [5.41, 5.74) is 6.19. The second-order valence-corrected chi connectivity index (χ2v) is 33.0. The van der Waals surface area contributed by atoms with Gasteiger partial charge in [0.1, 0.15) is 108 Å². The fourth-order valence-electron chi connectivity index (χ4n) is 15.6. The van der Waals surface area contributed by atoms with Crippen LogP contribution in [0.15, 0.2) is 298 Å². The van der Waals surface area contributed by atoms with Crippen molar-refractivity contribution in [2.75, 3.05) is 92.5 Å². The van der Waals surface area contributed by atoms with Gasteiger partial charge in [0, 0.05) is 0 Å². The Balaban J connectivity index is 0.410. The Morgan fingerprint density at radius 1 is 0.228 bits per heavy atom. The second kappa shape index (κ2) is 46.3. The number of carbonyl (C=O) groups excluding carboxylic acids is 6. The number of fused-ring (bicyclic) bond motifs is 6. The summed E-state index contributed by atoms with van der Waals surface area (Å²) in [6.45, 7) is 24.1. The number of benzene rings is 12. The number of aromatic nitrogens is 3. The zero-order chi connectivity index (χ0) is 94.8. The third-order valence-electron chi connectivity index (χ3n) is 23.2. The fraction of sp³-hybridized carbons (Fsp3) is 0.234. The first-order valence-electron chi connectivity index (χ1n) is 45.5. The highest BCUT2D eigenvalue weighted by Crippen LogP contribution is 2.33. The smallest absolute Gasteiger partial charge is 0.270 e. The van der Waals surface area contributed by atoms with Crippen LogP contribution in [0.5, 0.6) is 34.5 Å². The molecule has 0 fully saturated rings. The lowest BCUT2D eigenvalue weighted by Gasteiger charge is -2.17. The SMILES string of the molecule is C=CCOc1ccc2cc([C@@H](C)NC(=O)c3cccc(C(=O)N[C@H](C)c4ccc5cc(OCCOCCOCCOc6ccc7cc([C@@H](C)NC(=O)c8cccc(C(=O)N[C@H](C)c9ccc%10cc(OCCOCCOCCOc%11ccc%12cc([C@@H](C)NC(=O)c%13cccc(C(=O)N[C@H](C)c%14ccc%15cc(OCC=C)ccc%15c%14)n%13)ccc%12c%11)ccc%10c9)n8)ccc7c6)ccc5c4)n3)ccc2c1. The molecule has 694 valence electrons. The maximum Gasteiger partial charge on any atom is 0.270 e. The minimum absolute atomic E-state index is 0.113. The molecule has 6 amide bonds. The number of hydrogen-bond donors (Lipinski definition) is 6. The van der Waals surface area contributed by atoms with E-state index in [1.54, 1.807) is 66.7 Å². The highest BCUT2D eigenvalue weighted by Gasteiger charge is 2.24. The molecular weight excluding hydrogens is 1720 g/mol. The zero-order valence-corrected chi connectivity index (χ0v) is 76.8. The van der Waals surface area contributed by atoms with E-state index in [2.05, 4.69) is 60.0 Å². The average Bonchev–Trinajstić information content (AvgIpc) is 0.821. The van der Waals surface area contributed by atoms with Crippen LogP contribution < -0.4 is 60.3 Å². The van der Waals surface area contributed by atoms with Gasteiger partial charge in [0.2, 0.25) is 0 Å². The first kappa shape index (κ1) is 95.2. The molecule has 0 aliphatic carbocycles. The fourth-order valence-corrected chi connectivity index (χ4v) is 15.6. The van der Waals surface area contributed by atoms with Crippen molar-refractivity contribution in [2.24, 2.45) is 0 Å². The summed E-state index contributed by atoms with van der Waals surface area (Å²) in [4.78, 5) is 94.4. The van der Waals surface area contributed by atoms with Gasteiger partial charge in [-0.2, -0.15) is 0 Å². The van der Waals surface area contributed by atoms with Crippen molar-refractivity contribution in [3.63, 3.8) is 0 Å². The van der Waals surface area contributed by atoms with Gasteiger partial charge in [-0.25, -0.2) is 15.0 Å². The summed E-state index contributed by atoms with van der Waals surface area (Å²) in [6, 6.07) is 83.4. The van der Waals surface area contributed by atoms with Crippen molar-refractivity contribution >= 4 is 100 Å². The summed E-state index contributed by atoms with van der Waals surface area (Å²) in [5.74, 6) is 1.89. The minimum atomic E-state index is -0.417. The molecule has 25 nitrogen and oxygen atoms in total. The number of ether oxygens (including phenoxy) is 10. The average molecular weight is 1830 g/mol. The van der Waals surface area contributed by atoms with Gasteiger partial charge in [-0.15, -0.1) is 0 Å². The molecule has 0 bridgehead atoms. The van der Waals surface area contributed by atoms with Gasteiger partial charge >= 0.3 is 0 Å². The van der Waals surface area contributed by atoms with E-state index in [0.29, 0.717) is 115 Å². The molecule has 6 atom stereocenters. The molecule has 15 aromatic rings. The summed E-state index contributed by atoms with van der Waals surface area (Å²) >= 11 is 0. The molecule has 15 rings (SSSR count). The van der Waals surface area contributed by atoms with E-state index < -0.39 is 35.4 Å². The maximum atomic E-state index is 13.7. The number of carbonyl (C=O) groups is 6. The van der Waals surface area contributed by atoms with Crippen LogP contribution in [0.25, 0.3) is 64.6 Å². The van der Waals surface area contributed by atoms with Gasteiger partial charge in [0.25, 0.3) is 35.4 Å². The van der Waals surface area contributed by atoms with Crippen LogP contribution in [-0.2, 0) is 18.9 Å². The molecule has 0 aliphatic heterocycles. The van der Waals surface area contributed by atoms with E-state index >= 15 is 0 Å². The van der Waals surface area contributed by atoms with Crippen molar-refractivity contribution in [2.45, 2.75) is 77.8 Å². The third kappa shape index (κ3) is 25.7. The van der Waals surface area contributed by atoms with E-state index in [-0.39, 0.29) is 70.4 Å². The number of hydrogen-bond acceptors (Lipinski definition) is 19. The van der Waals surface area contributed by atoms with Crippen LogP contribution >= 0.6 is 0 Å². The van der Waals surface area contributed by atoms with Crippen LogP contribution in [-0.4, -0.2) is 143 Å². The van der Waals surface area contributed by atoms with Crippen molar-refractivity contribution in [1.29, 1.82) is 0 Å². The predicted molar refractivity (Wildman–Crippen MR) is 528 cm³/mol. The molecular formula is C111H109N9O16. The van der Waals surface area contributed by atoms with Gasteiger partial charge in [-0.1, -0.05) is 153 Å². The Labute approximate surface area is 789 Å². The largest absolute Gasteiger partial charge is 0.491 e. The van der Waals surface area contributed by atoms with Gasteiger partial charge in [-0.3, -0.25) is 28.8 Å². The normalized spacial score (nSPS) is 12.6. The van der Waals surface area contributed by atoms with E-state index in [9.17, 15) is 28.8 Å². The Hall–Kier alpha value is -15.4. The first-order chi connectivity index (χ1) is 66.2. The molecule has 0 radical (unpaired) electrons. The predicted octanol–water partition coefficient (Wildman–Crippen LogP) is 19.8. The third-order valence-corrected chi connectivity index (χ3v) is 23.2. The maximum absolute atomic E-state index is 13.7. The number of nitrogens with one attached hydrogen (secondary N) is 6. The topological polar surface area (TPSA) is 306 Å². The molecule has 25 heteroatoms. The van der Waals surface area contributed by atoms with Gasteiger partial charge in [0.15, 0.2) is 0 Å². The Morgan fingerprint density at radius 3 is 0.574 bits per heavy atom. The van der Waals surface area contributed by atoms with Crippen molar-refractivity contribution in [1.82, 2.24) is 46.9 Å². The molecule has 3 heterocycles. The van der Waals surface area contributed by atoms with Gasteiger partial charge in [-0.05, 0) is 285 Å². The van der Waals surface area contributed by atoms with Crippen LogP contribution in [0.1, 0.15) is 174 Å². The zero-order valence-electron chi connectivity index (χ0n) is 76.8. The molecule has 0 saturated heterocycles. The van der Waals surface area contributed by atoms with Crippen molar-refractivity contribution in [3.8, 4) is 34.5 Å². The number of rotatable bonds is 46. The standard InChI is InChI=1S/C111H109N9O16/c1-9-44-131-94-38-32-82-58-76(20-26-88(82)64-94)70(3)112-106(121)100-14-11-16-102(118-100)108(123)114-72(5)78-22-28-90-66-96(40-34-84(90)60-78)133-54-50-127-46-48-129-52-56-135-98-42-36-86-62-80(24-30-92(86)68-98)74(7)116-110(125)104-18-13-19-105(120-104)111(126)117-75(8)81-25-31-93-69-99(43-37-87(93)63-81)136-57-53-130-49-47-128-51-55-134-97-41-35-85-61-79(23-29-91(85)67-97)73(6)115-109(124)103-17-12-15-101(119-103)107(122)113-71(4)77-21-27-89-65-95(132-45-10-2)39-33-83(89)59-77/h9-43,58-75H,1-2,44-57H2,3-8H3,(H,112,121)(H,113,122)(H,114,123)(H,115,124)(H,116,125)(H,117,126)/t70-,71-,72-,73-,74-,75-/m1/s1. The molecule has 0 aliphatic rings. The lowest BCUT2D eigenvalue weighted by Crippen LogP contribution is -2.30. The number of pyridine rings is 3. The van der Waals surface area contributed by atoms with Crippen molar-refractivity contribution in [3.05, 3.63) is 366 Å². The highest BCUT2D eigenvalue weighted by atomic mass is 16.6. The van der Waals surface area contributed by atoms with E-state index in [1.807, 2.05) is 260 Å². The summed E-state index contributed by atoms with van der Waals surface area (Å²) in [6.07, 6.45) is 3.40. The molecule has 0 unspecified atom stereocenters. The quantitative estimate of drug-likeness (QED) is 0.0153. The Kier molecular flexibility index (Phi) is 32.4. The number of nitrogens with zero attached hydrogens (tertiary/aromatic N) is 3. The molecule has 136 heavy (non-hydrogen) atoms. The van der Waals surface area contributed by atoms with Crippen LogP contribution in [0.3, 0.4) is 0 Å². The lowest BCUT2D eigenvalue weighted by molar-refractivity contribution is 0.0274. The summed E-state index contributed by atoms with van der Waals surface area (Å²) < 4.78 is 58.6. The summed E-state index contributed by atoms with van der Waals surface area (Å²) in [5, 5.41) is 30.0. The molecule has 0 saturated carbocycles. The van der Waals surface area contributed by atoms with Crippen LogP contribution in [0.4, 0.5) is 0 Å². The Bertz CT molecular complexity index is 6450. The lowest BCUT2D eigenvalue weighted by atomic mass is 10.0. The van der Waals surface area contributed by atoms with E-state index in [1.165, 1.54) is 0 Å². The van der Waals surface area contributed by atoms with Crippen LogP contribution in [0, 0.1) is 0 Å². The summed E-state index contributed by atoms with van der Waals surface area (Å²) in [7, 11) is 0.